The molecule has 3 aromatic rings. The van der Waals surface area contributed by atoms with E-state index in [9.17, 15) is 4.79 Å². The molecular formula is C21H22N4O. The molecule has 1 aliphatic heterocycles. The van der Waals surface area contributed by atoms with Gasteiger partial charge in [-0.25, -0.2) is 9.78 Å². The summed E-state index contributed by atoms with van der Waals surface area (Å²) in [5.74, 6) is 0.667. The van der Waals surface area contributed by atoms with Crippen LogP contribution in [0.2, 0.25) is 0 Å². The molecule has 5 rings (SSSR count). The van der Waals surface area contributed by atoms with Crippen molar-refractivity contribution in [2.45, 2.75) is 38.8 Å². The number of anilines is 1. The van der Waals surface area contributed by atoms with Crippen molar-refractivity contribution < 1.29 is 4.79 Å². The highest BCUT2D eigenvalue weighted by molar-refractivity contribution is 5.88. The van der Waals surface area contributed by atoms with Crippen LogP contribution < -0.4 is 5.32 Å². The number of pyridine rings is 1. The summed E-state index contributed by atoms with van der Waals surface area (Å²) < 4.78 is 2.34. The Morgan fingerprint density at radius 3 is 2.92 bits per heavy atom. The van der Waals surface area contributed by atoms with Crippen molar-refractivity contribution in [3.63, 3.8) is 0 Å². The van der Waals surface area contributed by atoms with Crippen molar-refractivity contribution >= 4 is 22.8 Å². The maximum absolute atomic E-state index is 12.8. The van der Waals surface area contributed by atoms with Gasteiger partial charge >= 0.3 is 6.03 Å². The first-order valence-corrected chi connectivity index (χ1v) is 9.40. The number of rotatable bonds is 1. The second-order valence-electron chi connectivity index (χ2n) is 7.21. The topological polar surface area (TPSA) is 50.2 Å². The molecule has 0 bridgehead atoms. The lowest BCUT2D eigenvalue weighted by Gasteiger charge is -2.20. The molecule has 2 amide bonds. The van der Waals surface area contributed by atoms with Crippen LogP contribution in [0.3, 0.4) is 0 Å². The van der Waals surface area contributed by atoms with Gasteiger partial charge in [0, 0.05) is 30.0 Å². The third-order valence-electron chi connectivity index (χ3n) is 5.51. The first kappa shape index (κ1) is 15.4. The number of hydrogen-bond donors (Lipinski definition) is 1. The van der Waals surface area contributed by atoms with E-state index in [0.29, 0.717) is 12.4 Å². The normalized spacial score (nSPS) is 16.2. The molecular weight excluding hydrogens is 324 g/mol. The quantitative estimate of drug-likeness (QED) is 0.725. The highest BCUT2D eigenvalue weighted by Gasteiger charge is 2.21. The van der Waals surface area contributed by atoms with Gasteiger partial charge in [-0.1, -0.05) is 24.3 Å². The van der Waals surface area contributed by atoms with Crippen molar-refractivity contribution in [2.75, 3.05) is 11.9 Å². The van der Waals surface area contributed by atoms with Crippen LogP contribution in [0.5, 0.6) is 0 Å². The Balaban J connectivity index is 1.37. The van der Waals surface area contributed by atoms with Gasteiger partial charge in [0.1, 0.15) is 5.82 Å². The van der Waals surface area contributed by atoms with E-state index in [4.69, 9.17) is 0 Å². The van der Waals surface area contributed by atoms with Gasteiger partial charge in [-0.3, -0.25) is 5.32 Å². The minimum absolute atomic E-state index is 0.0610. The molecule has 5 heteroatoms. The van der Waals surface area contributed by atoms with Crippen LogP contribution in [0, 0.1) is 0 Å². The highest BCUT2D eigenvalue weighted by atomic mass is 16.2. The van der Waals surface area contributed by atoms with E-state index in [1.165, 1.54) is 22.2 Å². The van der Waals surface area contributed by atoms with E-state index >= 15 is 0 Å². The summed E-state index contributed by atoms with van der Waals surface area (Å²) in [6.45, 7) is 2.34. The number of urea groups is 1. The summed E-state index contributed by atoms with van der Waals surface area (Å²) in [6, 6.07) is 14.6. The Labute approximate surface area is 152 Å². The van der Waals surface area contributed by atoms with E-state index in [2.05, 4.69) is 51.3 Å². The number of amides is 2. The van der Waals surface area contributed by atoms with Crippen LogP contribution >= 0.6 is 0 Å². The number of fused-ring (bicyclic) bond motifs is 4. The van der Waals surface area contributed by atoms with Gasteiger partial charge < -0.3 is 9.47 Å². The van der Waals surface area contributed by atoms with Crippen LogP contribution in [0.1, 0.15) is 29.8 Å². The van der Waals surface area contributed by atoms with E-state index < -0.39 is 0 Å². The Hall–Kier alpha value is -2.82. The van der Waals surface area contributed by atoms with Crippen LogP contribution in [0.25, 0.3) is 10.9 Å². The molecule has 1 aromatic carbocycles. The fraction of sp³-hybridized carbons (Fsp3) is 0.333. The molecule has 0 saturated carbocycles. The molecule has 5 nitrogen and oxygen atoms in total. The summed E-state index contributed by atoms with van der Waals surface area (Å²) in [5.41, 5.74) is 4.91. The lowest BCUT2D eigenvalue weighted by atomic mass is 10.2. The number of para-hydroxylation sites is 1. The molecule has 0 spiro atoms. The Morgan fingerprint density at radius 2 is 1.96 bits per heavy atom. The third kappa shape index (κ3) is 2.64. The average Bonchev–Trinajstić information content (AvgIpc) is 3.19. The molecule has 1 N–H and O–H groups in total. The molecule has 3 heterocycles. The second kappa shape index (κ2) is 6.16. The van der Waals surface area contributed by atoms with Gasteiger partial charge in [-0.15, -0.1) is 0 Å². The SMILES string of the molecule is O=C(Nc1ccc2c(n1)CCC2)N1CCCn2c(cc3ccccc32)C1. The van der Waals surface area contributed by atoms with Crippen molar-refractivity contribution in [2.24, 2.45) is 0 Å². The first-order chi connectivity index (χ1) is 12.8. The maximum atomic E-state index is 12.8. The van der Waals surface area contributed by atoms with Crippen molar-refractivity contribution in [3.8, 4) is 0 Å². The van der Waals surface area contributed by atoms with Crippen molar-refractivity contribution in [1.29, 1.82) is 0 Å². The number of nitrogens with one attached hydrogen (secondary N) is 1. The van der Waals surface area contributed by atoms with E-state index in [-0.39, 0.29) is 6.03 Å². The highest BCUT2D eigenvalue weighted by Crippen LogP contribution is 2.25. The largest absolute Gasteiger partial charge is 0.343 e. The number of carbonyl (C=O) groups excluding carboxylic acids is 1. The van der Waals surface area contributed by atoms with Gasteiger partial charge in [-0.05, 0) is 54.8 Å². The molecule has 0 fully saturated rings. The van der Waals surface area contributed by atoms with Crippen molar-refractivity contribution in [1.82, 2.24) is 14.5 Å². The fourth-order valence-corrected chi connectivity index (χ4v) is 4.21. The number of benzene rings is 1. The summed E-state index contributed by atoms with van der Waals surface area (Å²) >= 11 is 0. The minimum atomic E-state index is -0.0610. The number of nitrogens with zero attached hydrogens (tertiary/aromatic N) is 3. The number of hydrogen-bond acceptors (Lipinski definition) is 2. The molecule has 2 aliphatic rings. The van der Waals surface area contributed by atoms with E-state index in [1.54, 1.807) is 0 Å². The zero-order chi connectivity index (χ0) is 17.5. The van der Waals surface area contributed by atoms with Crippen LogP contribution in [-0.4, -0.2) is 27.0 Å². The first-order valence-electron chi connectivity index (χ1n) is 9.40. The Kier molecular flexibility index (Phi) is 3.66. The van der Waals surface area contributed by atoms with Gasteiger partial charge in [0.2, 0.25) is 0 Å². The molecule has 0 unspecified atom stereocenters. The molecule has 132 valence electrons. The summed E-state index contributed by atoms with van der Waals surface area (Å²) in [5, 5.41) is 4.24. The van der Waals surface area contributed by atoms with E-state index in [1.807, 2.05) is 11.0 Å². The monoisotopic (exact) mass is 346 g/mol. The zero-order valence-electron chi connectivity index (χ0n) is 14.7. The molecule has 2 aromatic heterocycles. The minimum Gasteiger partial charge on any atom is -0.343 e. The van der Waals surface area contributed by atoms with Gasteiger partial charge in [0.05, 0.1) is 6.54 Å². The molecule has 0 radical (unpaired) electrons. The van der Waals surface area contributed by atoms with Crippen molar-refractivity contribution in [3.05, 3.63) is 59.4 Å². The maximum Gasteiger partial charge on any atom is 0.323 e. The number of carbonyl (C=O) groups is 1. The average molecular weight is 346 g/mol. The lowest BCUT2D eigenvalue weighted by Crippen LogP contribution is -2.34. The van der Waals surface area contributed by atoms with Gasteiger partial charge in [0.25, 0.3) is 0 Å². The number of aromatic nitrogens is 2. The third-order valence-corrected chi connectivity index (χ3v) is 5.51. The lowest BCUT2D eigenvalue weighted by molar-refractivity contribution is 0.210. The van der Waals surface area contributed by atoms with Gasteiger partial charge in [-0.2, -0.15) is 0 Å². The standard InChI is InChI=1S/C21H22N4O/c26-21(23-20-10-9-15-6-3-7-18(15)22-20)24-11-4-12-25-17(14-24)13-16-5-1-2-8-19(16)25/h1-2,5,8-10,13H,3-4,6-7,11-12,14H2,(H,22,23,26). The number of aryl methyl sites for hydroxylation is 3. The molecule has 0 atom stereocenters. The summed E-state index contributed by atoms with van der Waals surface area (Å²) in [6.07, 6.45) is 4.24. The smallest absolute Gasteiger partial charge is 0.323 e. The summed E-state index contributed by atoms with van der Waals surface area (Å²) in [4.78, 5) is 19.3. The van der Waals surface area contributed by atoms with Gasteiger partial charge in [0.15, 0.2) is 0 Å². The molecule has 0 saturated heterocycles. The fourth-order valence-electron chi connectivity index (χ4n) is 4.21. The Morgan fingerprint density at radius 1 is 1.04 bits per heavy atom. The van der Waals surface area contributed by atoms with Crippen LogP contribution in [0.4, 0.5) is 10.6 Å². The van der Waals surface area contributed by atoms with Crippen LogP contribution in [0.15, 0.2) is 42.5 Å². The van der Waals surface area contributed by atoms with E-state index in [0.717, 1.165) is 44.5 Å². The predicted molar refractivity (Wildman–Crippen MR) is 102 cm³/mol. The predicted octanol–water partition coefficient (Wildman–Crippen LogP) is 3.96. The second-order valence-corrected chi connectivity index (χ2v) is 7.21. The summed E-state index contributed by atoms with van der Waals surface area (Å²) in [7, 11) is 0. The zero-order valence-corrected chi connectivity index (χ0v) is 14.7. The molecule has 1 aliphatic carbocycles. The molecule has 26 heavy (non-hydrogen) atoms. The Bertz CT molecular complexity index is 991. The van der Waals surface area contributed by atoms with Crippen LogP contribution in [-0.2, 0) is 25.9 Å².